The molecular formula is C25H21F5N4O3S. The summed E-state index contributed by atoms with van der Waals surface area (Å²) in [6, 6.07) is 4.84. The van der Waals surface area contributed by atoms with E-state index in [0.717, 1.165) is 30.7 Å². The van der Waals surface area contributed by atoms with Gasteiger partial charge >= 0.3 is 6.18 Å². The predicted octanol–water partition coefficient (Wildman–Crippen LogP) is 4.58. The topological polar surface area (TPSA) is 93.1 Å². The molecule has 3 aliphatic rings. The third-order valence-corrected chi connectivity index (χ3v) is 9.15. The second-order valence-corrected chi connectivity index (χ2v) is 11.6. The lowest BCUT2D eigenvalue weighted by Crippen LogP contribution is -2.48. The van der Waals surface area contributed by atoms with Gasteiger partial charge in [0.05, 0.1) is 17.1 Å². The fourth-order valence-electron chi connectivity index (χ4n) is 5.41. The molecule has 1 atom stereocenters. The predicted molar refractivity (Wildman–Crippen MR) is 124 cm³/mol. The fraction of sp³-hybridized carbons (Fsp3) is 0.360. The third-order valence-electron chi connectivity index (χ3n) is 7.09. The van der Waals surface area contributed by atoms with Crippen molar-refractivity contribution in [2.75, 3.05) is 0 Å². The van der Waals surface area contributed by atoms with E-state index in [4.69, 9.17) is 0 Å². The Hall–Kier alpha value is -3.32. The van der Waals surface area contributed by atoms with Gasteiger partial charge in [0.25, 0.3) is 0 Å². The van der Waals surface area contributed by atoms with Crippen LogP contribution < -0.4 is 0 Å². The number of benzene rings is 1. The molecule has 4 heterocycles. The third kappa shape index (κ3) is 4.57. The number of alkyl halides is 3. The molecule has 7 nitrogen and oxygen atoms in total. The molecule has 6 rings (SSSR count). The number of nitrogens with zero attached hydrogens (tertiary/aromatic N) is 4. The molecule has 3 fully saturated rings. The highest BCUT2D eigenvalue weighted by Gasteiger charge is 2.64. The molecule has 200 valence electrons. The van der Waals surface area contributed by atoms with Crippen LogP contribution in [0.3, 0.4) is 0 Å². The highest BCUT2D eigenvalue weighted by molar-refractivity contribution is 7.89. The van der Waals surface area contributed by atoms with Gasteiger partial charge in [-0.3, -0.25) is 9.78 Å². The normalized spacial score (nSPS) is 23.3. The van der Waals surface area contributed by atoms with Gasteiger partial charge in [-0.05, 0) is 62.4 Å². The summed E-state index contributed by atoms with van der Waals surface area (Å²) in [6.45, 7) is 1.78. The molecule has 1 aromatic carbocycles. The highest BCUT2D eigenvalue weighted by atomic mass is 32.2. The van der Waals surface area contributed by atoms with Crippen molar-refractivity contribution < 1.29 is 35.2 Å². The van der Waals surface area contributed by atoms with Crippen molar-refractivity contribution in [1.82, 2.24) is 19.3 Å². The van der Waals surface area contributed by atoms with E-state index in [1.165, 1.54) is 22.5 Å². The van der Waals surface area contributed by atoms with Crippen LogP contribution in [-0.2, 0) is 27.4 Å². The van der Waals surface area contributed by atoms with Crippen LogP contribution in [0.2, 0.25) is 0 Å². The largest absolute Gasteiger partial charge is 0.451 e. The zero-order chi connectivity index (χ0) is 27.5. The number of sulfonamides is 1. The van der Waals surface area contributed by atoms with Crippen molar-refractivity contribution in [3.63, 3.8) is 0 Å². The highest BCUT2D eigenvalue weighted by Crippen LogP contribution is 2.56. The van der Waals surface area contributed by atoms with Crippen LogP contribution in [0.1, 0.15) is 37.7 Å². The zero-order valence-electron chi connectivity index (χ0n) is 19.9. The first-order valence-corrected chi connectivity index (χ1v) is 13.1. The van der Waals surface area contributed by atoms with Crippen molar-refractivity contribution >= 4 is 15.8 Å². The SMILES string of the molecule is CC12CC(C1)[C@@H](C(=O)CCc1cc(-c3cnc(C(F)(F)F)nc3)c(F)cn1)N2S(=O)(=O)c1ccc(F)cc1. The second-order valence-electron chi connectivity index (χ2n) is 9.78. The number of aromatic nitrogens is 3. The van der Waals surface area contributed by atoms with E-state index in [0.29, 0.717) is 18.5 Å². The van der Waals surface area contributed by atoms with Crippen molar-refractivity contribution in [1.29, 1.82) is 0 Å². The summed E-state index contributed by atoms with van der Waals surface area (Å²) < 4.78 is 94.1. The lowest BCUT2D eigenvalue weighted by Gasteiger charge is -2.37. The summed E-state index contributed by atoms with van der Waals surface area (Å²) in [5.41, 5.74) is -0.500. The van der Waals surface area contributed by atoms with Crippen LogP contribution in [0.4, 0.5) is 22.0 Å². The van der Waals surface area contributed by atoms with Crippen molar-refractivity contribution in [2.45, 2.75) is 55.3 Å². The van der Waals surface area contributed by atoms with Gasteiger partial charge in [0, 0.05) is 41.2 Å². The number of Topliss-reactive ketones (excluding diaryl/α,β-unsaturated/α-hetero) is 1. The Labute approximate surface area is 214 Å². The van der Waals surface area contributed by atoms with Gasteiger partial charge in [-0.25, -0.2) is 27.2 Å². The summed E-state index contributed by atoms with van der Waals surface area (Å²) in [5.74, 6) is -3.21. The Morgan fingerprint density at radius 3 is 2.29 bits per heavy atom. The molecular weight excluding hydrogens is 531 g/mol. The Balaban J connectivity index is 1.34. The molecule has 2 saturated heterocycles. The molecule has 0 unspecified atom stereocenters. The molecule has 0 spiro atoms. The molecule has 13 heteroatoms. The molecule has 2 bridgehead atoms. The van der Waals surface area contributed by atoms with Gasteiger partial charge < -0.3 is 0 Å². The Morgan fingerprint density at radius 2 is 1.68 bits per heavy atom. The molecule has 2 aliphatic heterocycles. The lowest BCUT2D eigenvalue weighted by molar-refractivity contribution is -0.145. The van der Waals surface area contributed by atoms with E-state index in [2.05, 4.69) is 15.0 Å². The van der Waals surface area contributed by atoms with Crippen molar-refractivity contribution in [2.24, 2.45) is 5.92 Å². The van der Waals surface area contributed by atoms with E-state index >= 15 is 0 Å². The first-order chi connectivity index (χ1) is 17.8. The van der Waals surface area contributed by atoms with Gasteiger partial charge in [0.2, 0.25) is 15.8 Å². The Bertz CT molecular complexity index is 1490. The standard InChI is InChI=1S/C25H21F5N4O3S/c1-24-9-14(10-24)22(34(24)38(36,37)18-5-2-16(26)3-6-18)21(35)7-4-17-8-19(20(27)13-31-17)15-11-32-23(33-12-15)25(28,29)30/h2-3,5-6,8,11-14,22H,4,7,9-10H2,1H3/t14?,22-,24?/m0/s1. The molecule has 3 aromatic rings. The number of pyridine rings is 1. The molecule has 38 heavy (non-hydrogen) atoms. The number of fused-ring (bicyclic) bond motifs is 1. The Kier molecular flexibility index (Phi) is 6.33. The van der Waals surface area contributed by atoms with E-state index < -0.39 is 45.2 Å². The number of hydrogen-bond donors (Lipinski definition) is 0. The van der Waals surface area contributed by atoms with Gasteiger partial charge in [-0.2, -0.15) is 17.5 Å². The van der Waals surface area contributed by atoms with Gasteiger partial charge in [0.15, 0.2) is 5.78 Å². The first-order valence-electron chi connectivity index (χ1n) is 11.7. The number of ketones is 1. The minimum atomic E-state index is -4.74. The van der Waals surface area contributed by atoms with Crippen LogP contribution in [0.15, 0.2) is 53.8 Å². The average Bonchev–Trinajstić information content (AvgIpc) is 3.32. The quantitative estimate of drug-likeness (QED) is 0.399. The van der Waals surface area contributed by atoms with Crippen LogP contribution in [0.5, 0.6) is 0 Å². The zero-order valence-corrected chi connectivity index (χ0v) is 20.7. The van der Waals surface area contributed by atoms with Gasteiger partial charge in [0.1, 0.15) is 11.6 Å². The second kappa shape index (κ2) is 9.16. The summed E-state index contributed by atoms with van der Waals surface area (Å²) >= 11 is 0. The molecule has 0 N–H and O–H groups in total. The summed E-state index contributed by atoms with van der Waals surface area (Å²) in [6.07, 6.45) is -1.12. The summed E-state index contributed by atoms with van der Waals surface area (Å²) in [4.78, 5) is 23.7. The van der Waals surface area contributed by atoms with E-state index in [-0.39, 0.29) is 40.6 Å². The van der Waals surface area contributed by atoms with Crippen LogP contribution in [0.25, 0.3) is 11.1 Å². The number of hydrogen-bond acceptors (Lipinski definition) is 6. The van der Waals surface area contributed by atoms with Crippen LogP contribution in [-0.4, -0.2) is 45.0 Å². The molecule has 0 amide bonds. The number of rotatable bonds is 7. The molecule has 2 aromatic heterocycles. The lowest BCUT2D eigenvalue weighted by atomic mass is 9.72. The average molecular weight is 553 g/mol. The molecule has 0 radical (unpaired) electrons. The maximum absolute atomic E-state index is 14.4. The summed E-state index contributed by atoms with van der Waals surface area (Å²) in [5, 5.41) is 0. The minimum absolute atomic E-state index is 0.00610. The minimum Gasteiger partial charge on any atom is -0.298 e. The Morgan fingerprint density at radius 1 is 1.05 bits per heavy atom. The first kappa shape index (κ1) is 26.3. The fourth-order valence-corrected chi connectivity index (χ4v) is 7.43. The number of carbonyl (C=O) groups excluding carboxylic acids is 1. The van der Waals surface area contributed by atoms with Crippen molar-refractivity contribution in [3.8, 4) is 11.1 Å². The number of halogens is 5. The number of carbonyl (C=O) groups is 1. The van der Waals surface area contributed by atoms with Gasteiger partial charge in [-0.15, -0.1) is 0 Å². The molecule has 1 aliphatic carbocycles. The maximum Gasteiger partial charge on any atom is 0.451 e. The van der Waals surface area contributed by atoms with E-state index in [1.54, 1.807) is 6.92 Å². The van der Waals surface area contributed by atoms with E-state index in [1.807, 2.05) is 0 Å². The number of aryl methyl sites for hydroxylation is 1. The van der Waals surface area contributed by atoms with Gasteiger partial charge in [-0.1, -0.05) is 0 Å². The monoisotopic (exact) mass is 552 g/mol. The van der Waals surface area contributed by atoms with Crippen LogP contribution in [0, 0.1) is 17.6 Å². The molecule has 1 saturated carbocycles. The summed E-state index contributed by atoms with van der Waals surface area (Å²) in [7, 11) is -4.07. The van der Waals surface area contributed by atoms with Crippen molar-refractivity contribution in [3.05, 3.63) is 72.1 Å². The smallest absolute Gasteiger partial charge is 0.298 e. The van der Waals surface area contributed by atoms with E-state index in [9.17, 15) is 35.2 Å². The maximum atomic E-state index is 14.4. The van der Waals surface area contributed by atoms with Crippen LogP contribution >= 0.6 is 0 Å².